The molecule has 0 heterocycles. The van der Waals surface area contributed by atoms with E-state index in [-0.39, 0.29) is 5.16 Å². The SMILES string of the molecule is CCC(CC)(Pc1ccccc1C=O)c1ccccc1OC. The maximum atomic E-state index is 11.3. The van der Waals surface area contributed by atoms with E-state index in [9.17, 15) is 4.79 Å². The molecule has 0 N–H and O–H groups in total. The highest BCUT2D eigenvalue weighted by Crippen LogP contribution is 2.50. The molecule has 0 aliphatic carbocycles. The van der Waals surface area contributed by atoms with Gasteiger partial charge in [0.15, 0.2) is 6.29 Å². The molecule has 0 aliphatic heterocycles. The summed E-state index contributed by atoms with van der Waals surface area (Å²) in [5.74, 6) is 0.933. The summed E-state index contributed by atoms with van der Waals surface area (Å²) < 4.78 is 5.58. The molecule has 0 saturated carbocycles. The van der Waals surface area contributed by atoms with Gasteiger partial charge in [0.05, 0.1) is 7.11 Å². The molecule has 0 aromatic heterocycles. The summed E-state index contributed by atoms with van der Waals surface area (Å²) in [4.78, 5) is 11.3. The number of carbonyl (C=O) groups excluding carboxylic acids is 1. The lowest BCUT2D eigenvalue weighted by Crippen LogP contribution is -2.23. The zero-order chi connectivity index (χ0) is 16.0. The summed E-state index contributed by atoms with van der Waals surface area (Å²) in [6.45, 7) is 4.43. The summed E-state index contributed by atoms with van der Waals surface area (Å²) in [6.07, 6.45) is 2.98. The Balaban J connectivity index is 2.51. The number of ether oxygens (including phenoxy) is 1. The van der Waals surface area contributed by atoms with Crippen LogP contribution in [-0.4, -0.2) is 13.4 Å². The predicted molar refractivity (Wildman–Crippen MR) is 95.0 cm³/mol. The number of methoxy groups -OCH3 is 1. The molecule has 2 rings (SSSR count). The zero-order valence-electron chi connectivity index (χ0n) is 13.4. The third-order valence-electron chi connectivity index (χ3n) is 4.29. The van der Waals surface area contributed by atoms with Crippen molar-refractivity contribution >= 4 is 20.2 Å². The van der Waals surface area contributed by atoms with Crippen molar-refractivity contribution in [2.24, 2.45) is 0 Å². The van der Waals surface area contributed by atoms with E-state index in [4.69, 9.17) is 4.74 Å². The van der Waals surface area contributed by atoms with E-state index in [1.54, 1.807) is 7.11 Å². The van der Waals surface area contributed by atoms with Crippen LogP contribution in [0.1, 0.15) is 42.6 Å². The van der Waals surface area contributed by atoms with Gasteiger partial charge in [-0.25, -0.2) is 0 Å². The van der Waals surface area contributed by atoms with E-state index in [2.05, 4.69) is 32.0 Å². The van der Waals surface area contributed by atoms with Crippen molar-refractivity contribution in [3.05, 3.63) is 59.7 Å². The average molecular weight is 314 g/mol. The van der Waals surface area contributed by atoms with E-state index in [1.165, 1.54) is 5.56 Å². The first-order valence-electron chi connectivity index (χ1n) is 7.66. The van der Waals surface area contributed by atoms with Gasteiger partial charge in [0, 0.05) is 16.3 Å². The smallest absolute Gasteiger partial charge is 0.150 e. The third-order valence-corrected chi connectivity index (χ3v) is 6.47. The fourth-order valence-corrected chi connectivity index (χ4v) is 4.56. The summed E-state index contributed by atoms with van der Waals surface area (Å²) in [5.41, 5.74) is 2.03. The number of hydrogen-bond acceptors (Lipinski definition) is 2. The number of para-hydroxylation sites is 1. The van der Waals surface area contributed by atoms with Crippen LogP contribution in [0.5, 0.6) is 5.75 Å². The molecule has 0 saturated heterocycles. The number of rotatable bonds is 7. The van der Waals surface area contributed by atoms with Crippen molar-refractivity contribution < 1.29 is 9.53 Å². The van der Waals surface area contributed by atoms with Gasteiger partial charge >= 0.3 is 0 Å². The van der Waals surface area contributed by atoms with Crippen LogP contribution in [0, 0.1) is 0 Å². The topological polar surface area (TPSA) is 26.3 Å². The van der Waals surface area contributed by atoms with E-state index in [1.807, 2.05) is 30.3 Å². The van der Waals surface area contributed by atoms with Gasteiger partial charge in [0.1, 0.15) is 5.75 Å². The van der Waals surface area contributed by atoms with Crippen LogP contribution in [0.4, 0.5) is 0 Å². The van der Waals surface area contributed by atoms with E-state index in [0.717, 1.165) is 35.7 Å². The van der Waals surface area contributed by atoms with E-state index >= 15 is 0 Å². The molecule has 0 radical (unpaired) electrons. The highest BCUT2D eigenvalue weighted by atomic mass is 31.1. The predicted octanol–water partition coefficient (Wildman–Crippen LogP) is 4.53. The molecule has 116 valence electrons. The highest BCUT2D eigenvalue weighted by molar-refractivity contribution is 7.48. The monoisotopic (exact) mass is 314 g/mol. The van der Waals surface area contributed by atoms with Gasteiger partial charge in [-0.2, -0.15) is 0 Å². The molecular weight excluding hydrogens is 291 g/mol. The maximum Gasteiger partial charge on any atom is 0.150 e. The second-order valence-electron chi connectivity index (χ2n) is 5.32. The lowest BCUT2D eigenvalue weighted by Gasteiger charge is -2.34. The zero-order valence-corrected chi connectivity index (χ0v) is 14.4. The lowest BCUT2D eigenvalue weighted by molar-refractivity contribution is 0.112. The molecule has 2 aromatic rings. The Morgan fingerprint density at radius 3 is 2.32 bits per heavy atom. The summed E-state index contributed by atoms with van der Waals surface area (Å²) in [5, 5.41) is 1.14. The molecule has 0 fully saturated rings. The first-order chi connectivity index (χ1) is 10.7. The molecule has 1 unspecified atom stereocenters. The minimum atomic E-state index is 0.00567. The number of aldehydes is 1. The molecule has 2 nitrogen and oxygen atoms in total. The van der Waals surface area contributed by atoms with Crippen molar-refractivity contribution in [2.75, 3.05) is 7.11 Å². The Kier molecular flexibility index (Phi) is 5.74. The fourth-order valence-electron chi connectivity index (χ4n) is 2.89. The summed E-state index contributed by atoms with van der Waals surface area (Å²) >= 11 is 0. The van der Waals surface area contributed by atoms with Crippen LogP contribution in [-0.2, 0) is 5.16 Å². The molecule has 0 spiro atoms. The Morgan fingerprint density at radius 1 is 1.05 bits per heavy atom. The Bertz CT molecular complexity index is 633. The fraction of sp³-hybridized carbons (Fsp3) is 0.316. The average Bonchev–Trinajstić information content (AvgIpc) is 2.60. The van der Waals surface area contributed by atoms with Crippen LogP contribution >= 0.6 is 8.58 Å². The van der Waals surface area contributed by atoms with Crippen LogP contribution in [0.3, 0.4) is 0 Å². The second-order valence-corrected chi connectivity index (χ2v) is 7.07. The van der Waals surface area contributed by atoms with Crippen molar-refractivity contribution in [3.8, 4) is 5.75 Å². The second kappa shape index (κ2) is 7.56. The first-order valence-corrected chi connectivity index (χ1v) is 8.66. The molecular formula is C19H23O2P. The highest BCUT2D eigenvalue weighted by Gasteiger charge is 2.32. The van der Waals surface area contributed by atoms with Gasteiger partial charge in [0.25, 0.3) is 0 Å². The van der Waals surface area contributed by atoms with Gasteiger partial charge in [-0.15, -0.1) is 0 Å². The molecule has 2 aromatic carbocycles. The van der Waals surface area contributed by atoms with Crippen LogP contribution < -0.4 is 10.0 Å². The largest absolute Gasteiger partial charge is 0.496 e. The Morgan fingerprint density at radius 2 is 1.68 bits per heavy atom. The minimum Gasteiger partial charge on any atom is -0.496 e. The Labute approximate surface area is 134 Å². The molecule has 3 heteroatoms. The normalized spacial score (nSPS) is 11.8. The molecule has 0 amide bonds. The van der Waals surface area contributed by atoms with Gasteiger partial charge in [0.2, 0.25) is 0 Å². The number of hydrogen-bond donors (Lipinski definition) is 0. The van der Waals surface area contributed by atoms with Crippen molar-refractivity contribution in [3.63, 3.8) is 0 Å². The lowest BCUT2D eigenvalue weighted by atomic mass is 9.92. The Hall–Kier alpha value is -1.66. The molecule has 1 atom stereocenters. The van der Waals surface area contributed by atoms with Crippen LogP contribution in [0.15, 0.2) is 48.5 Å². The van der Waals surface area contributed by atoms with Crippen LogP contribution in [0.2, 0.25) is 0 Å². The first kappa shape index (κ1) is 16.7. The maximum absolute atomic E-state index is 11.3. The third kappa shape index (κ3) is 3.23. The standard InChI is InChI=1S/C19H23O2P/c1-4-19(5-2,16-11-7-8-12-17(16)21-3)22-18-13-9-6-10-15(18)14-20/h6-14,22H,4-5H2,1-3H3. The van der Waals surface area contributed by atoms with Crippen LogP contribution in [0.25, 0.3) is 0 Å². The van der Waals surface area contributed by atoms with E-state index in [0.29, 0.717) is 8.58 Å². The van der Waals surface area contributed by atoms with Gasteiger partial charge in [-0.3, -0.25) is 4.79 Å². The molecule has 0 bridgehead atoms. The quantitative estimate of drug-likeness (QED) is 0.554. The van der Waals surface area contributed by atoms with Crippen molar-refractivity contribution in [1.82, 2.24) is 0 Å². The molecule has 22 heavy (non-hydrogen) atoms. The number of carbonyl (C=O) groups is 1. The number of benzene rings is 2. The summed E-state index contributed by atoms with van der Waals surface area (Å²) in [7, 11) is 2.26. The van der Waals surface area contributed by atoms with Gasteiger partial charge in [-0.1, -0.05) is 64.9 Å². The minimum absolute atomic E-state index is 0.00567. The van der Waals surface area contributed by atoms with Crippen molar-refractivity contribution in [1.29, 1.82) is 0 Å². The molecule has 0 aliphatic rings. The van der Waals surface area contributed by atoms with Gasteiger partial charge in [-0.05, 0) is 24.2 Å². The van der Waals surface area contributed by atoms with Crippen molar-refractivity contribution in [2.45, 2.75) is 31.8 Å². The summed E-state index contributed by atoms with van der Waals surface area (Å²) in [6, 6.07) is 16.1. The van der Waals surface area contributed by atoms with Gasteiger partial charge < -0.3 is 4.74 Å². The van der Waals surface area contributed by atoms with E-state index < -0.39 is 0 Å².